The van der Waals surface area contributed by atoms with E-state index in [-0.39, 0.29) is 57.8 Å². The molecule has 2 rings (SSSR count). The van der Waals surface area contributed by atoms with Crippen LogP contribution in [0.25, 0.3) is 10.9 Å². The zero-order valence-corrected chi connectivity index (χ0v) is 16.0. The molecule has 0 unspecified atom stereocenters. The van der Waals surface area contributed by atoms with Crippen LogP contribution in [0.2, 0.25) is 0 Å². The normalized spacial score (nSPS) is 10.9. The van der Waals surface area contributed by atoms with Crippen molar-refractivity contribution in [3.8, 4) is 0 Å². The Balaban J connectivity index is 0.00000264. The summed E-state index contributed by atoms with van der Waals surface area (Å²) >= 11 is 0. The summed E-state index contributed by atoms with van der Waals surface area (Å²) in [4.78, 5) is 25.6. The van der Waals surface area contributed by atoms with Crippen LogP contribution in [-0.2, 0) is 9.59 Å². The van der Waals surface area contributed by atoms with E-state index in [2.05, 4.69) is 15.5 Å². The van der Waals surface area contributed by atoms with Gasteiger partial charge in [-0.2, -0.15) is 5.10 Å². The van der Waals surface area contributed by atoms with E-state index in [1.807, 2.05) is 31.2 Å². The van der Waals surface area contributed by atoms with Gasteiger partial charge in [0, 0.05) is 11.4 Å². The molecule has 0 fully saturated rings. The van der Waals surface area contributed by atoms with E-state index < -0.39 is 24.1 Å². The summed E-state index contributed by atoms with van der Waals surface area (Å²) in [6.45, 7) is 1.90. The minimum atomic E-state index is -1.54. The van der Waals surface area contributed by atoms with Crippen LogP contribution in [-0.4, -0.2) is 22.6 Å². The summed E-state index contributed by atoms with van der Waals surface area (Å²) < 4.78 is 0. The Labute approximate surface area is 175 Å². The summed E-state index contributed by atoms with van der Waals surface area (Å²) in [6.07, 6.45) is -0.733. The van der Waals surface area contributed by atoms with Gasteiger partial charge in [-0.3, -0.25) is 5.43 Å². The van der Waals surface area contributed by atoms with Crippen LogP contribution < -0.4 is 67.0 Å². The molecule has 0 amide bonds. The van der Waals surface area contributed by atoms with Gasteiger partial charge in [-0.15, -0.1) is 0 Å². The average molecular weight is 338 g/mol. The molecule has 1 aromatic carbocycles. The molecule has 1 N–H and O–H groups in total. The molecule has 0 spiro atoms. The molecule has 1 aromatic heterocycles. The summed E-state index contributed by atoms with van der Waals surface area (Å²) in [6, 6.07) is 9.21. The number of aliphatic carboxylic acids is 2. The third-order valence-electron chi connectivity index (χ3n) is 3.03. The number of carboxylic acids is 2. The van der Waals surface area contributed by atoms with E-state index in [0.717, 1.165) is 16.5 Å². The van der Waals surface area contributed by atoms with Gasteiger partial charge in [0.15, 0.2) is 0 Å². The molecule has 0 aliphatic heterocycles. The Hall–Kier alpha value is -1.32. The number of nitrogens with zero attached hydrogens (tertiary/aromatic N) is 2. The zero-order chi connectivity index (χ0) is 16.1. The van der Waals surface area contributed by atoms with E-state index in [1.54, 1.807) is 6.07 Å². The smallest absolute Gasteiger partial charge is 0.550 e. The number of carbonyl (C=O) groups excluding carboxylic acids is 2. The van der Waals surface area contributed by atoms with Gasteiger partial charge in [0.1, 0.15) is 5.82 Å². The molecule has 8 heteroatoms. The molecule has 1 heterocycles. The van der Waals surface area contributed by atoms with Gasteiger partial charge < -0.3 is 19.8 Å². The molecule has 0 saturated carbocycles. The Bertz CT molecular complexity index is 761. The van der Waals surface area contributed by atoms with Crippen LogP contribution in [0, 0.1) is 6.92 Å². The first-order valence-electron chi connectivity index (χ1n) is 6.57. The Morgan fingerprint density at radius 1 is 1.22 bits per heavy atom. The molecule has 2 aromatic rings. The first-order chi connectivity index (χ1) is 10.5. The van der Waals surface area contributed by atoms with Gasteiger partial charge in [0.2, 0.25) is 0 Å². The molecule has 7 nitrogen and oxygen atoms in total. The Kier molecular flexibility index (Phi) is 7.79. The van der Waals surface area contributed by atoms with Crippen molar-refractivity contribution in [1.82, 2.24) is 4.98 Å². The van der Waals surface area contributed by atoms with Crippen molar-refractivity contribution in [3.05, 3.63) is 35.9 Å². The molecule has 0 aliphatic carbocycles. The number of rotatable bonds is 6. The predicted octanol–water partition coefficient (Wildman–Crippen LogP) is -3.40. The van der Waals surface area contributed by atoms with Crippen LogP contribution in [0.3, 0.4) is 0 Å². The van der Waals surface area contributed by atoms with Crippen molar-refractivity contribution >= 4 is 34.4 Å². The van der Waals surface area contributed by atoms with Crippen LogP contribution in [0.15, 0.2) is 35.4 Å². The van der Waals surface area contributed by atoms with Crippen LogP contribution in [0.1, 0.15) is 18.4 Å². The standard InChI is InChI=1S/C15H15N3O4.K/c1-9-8-13(16-11-5-3-2-4-10(9)11)18-17-12(15(21)22)6-7-14(19)20;/h2-5,8H,6-7H2,1H3,(H,16,18)(H,19,20)(H,21,22);/q;+1/p-2. The number of aromatic nitrogens is 1. The third kappa shape index (κ3) is 5.67. The minimum absolute atomic E-state index is 0. The fourth-order valence-electron chi connectivity index (χ4n) is 1.96. The fraction of sp³-hybridized carbons (Fsp3) is 0.200. The van der Waals surface area contributed by atoms with Crippen LogP contribution in [0.4, 0.5) is 5.82 Å². The predicted molar refractivity (Wildman–Crippen MR) is 76.8 cm³/mol. The molecular weight excluding hydrogens is 325 g/mol. The van der Waals surface area contributed by atoms with Gasteiger partial charge >= 0.3 is 51.4 Å². The van der Waals surface area contributed by atoms with Crippen molar-refractivity contribution < 1.29 is 71.2 Å². The minimum Gasteiger partial charge on any atom is -0.550 e. The maximum atomic E-state index is 10.9. The summed E-state index contributed by atoms with van der Waals surface area (Å²) in [5.41, 5.74) is 3.81. The first-order valence-corrected chi connectivity index (χ1v) is 6.57. The first kappa shape index (κ1) is 19.7. The topological polar surface area (TPSA) is 118 Å². The van der Waals surface area contributed by atoms with Crippen molar-refractivity contribution in [1.29, 1.82) is 0 Å². The second kappa shape index (κ2) is 9.09. The molecule has 114 valence electrons. The van der Waals surface area contributed by atoms with Crippen molar-refractivity contribution in [2.24, 2.45) is 5.10 Å². The number of anilines is 1. The molecular formula is C15H13KN3O4-. The summed E-state index contributed by atoms with van der Waals surface area (Å²) in [5, 5.41) is 25.9. The van der Waals surface area contributed by atoms with Gasteiger partial charge in [-0.05, 0) is 37.5 Å². The number of nitrogens with one attached hydrogen (secondary N) is 1. The molecule has 23 heavy (non-hydrogen) atoms. The summed E-state index contributed by atoms with van der Waals surface area (Å²) in [5.74, 6) is -2.52. The Morgan fingerprint density at radius 3 is 2.57 bits per heavy atom. The van der Waals surface area contributed by atoms with Gasteiger partial charge in [-0.1, -0.05) is 18.2 Å². The maximum absolute atomic E-state index is 10.9. The third-order valence-corrected chi connectivity index (χ3v) is 3.03. The molecule has 0 bridgehead atoms. The quantitative estimate of drug-likeness (QED) is 0.333. The second-order valence-corrected chi connectivity index (χ2v) is 4.67. The number of fused-ring (bicyclic) bond motifs is 1. The molecule has 0 aliphatic rings. The van der Waals surface area contributed by atoms with Crippen molar-refractivity contribution in [2.75, 3.05) is 5.43 Å². The monoisotopic (exact) mass is 338 g/mol. The number of benzene rings is 1. The van der Waals surface area contributed by atoms with E-state index in [0.29, 0.717) is 5.82 Å². The SMILES string of the molecule is Cc1cc(NN=C(CCC(=O)[O-])C(=O)[O-])nc2ccccc12.[K+]. The number of hydrogen-bond acceptors (Lipinski definition) is 7. The summed E-state index contributed by atoms with van der Waals surface area (Å²) in [7, 11) is 0. The maximum Gasteiger partial charge on any atom is 1.00 e. The number of carbonyl (C=O) groups is 2. The number of hydrogen-bond donors (Lipinski definition) is 1. The number of carboxylic acid groups (broad SMARTS) is 2. The number of pyridine rings is 1. The average Bonchev–Trinajstić information content (AvgIpc) is 2.46. The fourth-order valence-corrected chi connectivity index (χ4v) is 1.96. The van der Waals surface area contributed by atoms with Crippen molar-refractivity contribution in [2.45, 2.75) is 19.8 Å². The van der Waals surface area contributed by atoms with E-state index in [9.17, 15) is 19.8 Å². The van der Waals surface area contributed by atoms with E-state index in [1.165, 1.54) is 0 Å². The zero-order valence-electron chi connectivity index (χ0n) is 12.8. The molecule has 0 saturated heterocycles. The van der Waals surface area contributed by atoms with E-state index >= 15 is 0 Å². The van der Waals surface area contributed by atoms with Crippen LogP contribution in [0.5, 0.6) is 0 Å². The number of hydrazone groups is 1. The van der Waals surface area contributed by atoms with Crippen LogP contribution >= 0.6 is 0 Å². The van der Waals surface area contributed by atoms with Gasteiger partial charge in [0.25, 0.3) is 0 Å². The van der Waals surface area contributed by atoms with Crippen molar-refractivity contribution in [3.63, 3.8) is 0 Å². The second-order valence-electron chi connectivity index (χ2n) is 4.67. The number of para-hydroxylation sites is 1. The van der Waals surface area contributed by atoms with E-state index in [4.69, 9.17) is 0 Å². The largest absolute Gasteiger partial charge is 1.00 e. The van der Waals surface area contributed by atoms with Gasteiger partial charge in [0.05, 0.1) is 17.2 Å². The Morgan fingerprint density at radius 2 is 1.91 bits per heavy atom. The molecule has 0 radical (unpaired) electrons. The number of aryl methyl sites for hydroxylation is 1. The molecule has 0 atom stereocenters. The van der Waals surface area contributed by atoms with Gasteiger partial charge in [-0.25, -0.2) is 4.98 Å².